The highest BCUT2D eigenvalue weighted by molar-refractivity contribution is 5.92. The average Bonchev–Trinajstić information content (AvgIpc) is 2.42. The molecule has 0 radical (unpaired) electrons. The van der Waals surface area contributed by atoms with Crippen LogP contribution in [0.25, 0.3) is 0 Å². The number of pyridine rings is 1. The zero-order valence-electron chi connectivity index (χ0n) is 10.9. The number of hydrogen-bond donors (Lipinski definition) is 2. The topological polar surface area (TPSA) is 54.0 Å². The number of aryl methyl sites for hydroxylation is 1. The van der Waals surface area contributed by atoms with Gasteiger partial charge in [0.25, 0.3) is 0 Å². The highest BCUT2D eigenvalue weighted by Crippen LogP contribution is 2.05. The Balaban J connectivity index is 1.77. The van der Waals surface area contributed by atoms with E-state index in [0.29, 0.717) is 6.54 Å². The Morgan fingerprint density at radius 3 is 2.74 bits per heavy atom. The number of benzene rings is 1. The summed E-state index contributed by atoms with van der Waals surface area (Å²) in [7, 11) is 0. The number of carbonyl (C=O) groups is 1. The fourth-order valence-electron chi connectivity index (χ4n) is 1.72. The van der Waals surface area contributed by atoms with Gasteiger partial charge in [0.05, 0.1) is 6.54 Å². The molecule has 1 heterocycles. The van der Waals surface area contributed by atoms with Gasteiger partial charge in [-0.15, -0.1) is 0 Å². The van der Waals surface area contributed by atoms with Gasteiger partial charge in [-0.3, -0.25) is 9.78 Å². The third-order valence-electron chi connectivity index (χ3n) is 2.81. The number of nitrogens with zero attached hydrogens (tertiary/aromatic N) is 1. The number of carbonyl (C=O) groups excluding carboxylic acids is 1. The van der Waals surface area contributed by atoms with Crippen LogP contribution in [0.3, 0.4) is 0 Å². The van der Waals surface area contributed by atoms with Crippen molar-refractivity contribution in [2.45, 2.75) is 13.5 Å². The van der Waals surface area contributed by atoms with Crippen LogP contribution < -0.4 is 10.6 Å². The number of aromatic nitrogens is 1. The van der Waals surface area contributed by atoms with Crippen LogP contribution in [0.5, 0.6) is 0 Å². The Kier molecular flexibility index (Phi) is 4.64. The van der Waals surface area contributed by atoms with Gasteiger partial charge in [-0.05, 0) is 36.2 Å². The molecule has 4 nitrogen and oxygen atoms in total. The summed E-state index contributed by atoms with van der Waals surface area (Å²) in [5.41, 5.74) is 3.09. The monoisotopic (exact) mass is 255 g/mol. The van der Waals surface area contributed by atoms with Gasteiger partial charge in [0.15, 0.2) is 0 Å². The van der Waals surface area contributed by atoms with E-state index >= 15 is 0 Å². The summed E-state index contributed by atoms with van der Waals surface area (Å²) in [4.78, 5) is 15.8. The molecule has 1 aromatic carbocycles. The summed E-state index contributed by atoms with van der Waals surface area (Å²) in [6.45, 7) is 2.95. The molecule has 2 aromatic rings. The average molecular weight is 255 g/mol. The molecule has 98 valence electrons. The highest BCUT2D eigenvalue weighted by atomic mass is 16.1. The van der Waals surface area contributed by atoms with Gasteiger partial charge >= 0.3 is 0 Å². The van der Waals surface area contributed by atoms with E-state index in [2.05, 4.69) is 15.6 Å². The zero-order chi connectivity index (χ0) is 13.5. The molecule has 0 spiro atoms. The summed E-state index contributed by atoms with van der Waals surface area (Å²) in [5, 5.41) is 5.94. The second kappa shape index (κ2) is 6.66. The number of hydrogen-bond acceptors (Lipinski definition) is 3. The first-order chi connectivity index (χ1) is 9.25. The van der Waals surface area contributed by atoms with Crippen LogP contribution in [0.1, 0.15) is 11.1 Å². The summed E-state index contributed by atoms with van der Waals surface area (Å²) in [6, 6.07) is 11.4. The summed E-state index contributed by atoms with van der Waals surface area (Å²) >= 11 is 0. The number of nitrogens with one attached hydrogen (secondary N) is 2. The highest BCUT2D eigenvalue weighted by Gasteiger charge is 2.02. The summed E-state index contributed by atoms with van der Waals surface area (Å²) in [6.07, 6.45) is 3.58. The molecule has 0 bridgehead atoms. The Labute approximate surface area is 112 Å². The zero-order valence-corrected chi connectivity index (χ0v) is 10.9. The molecule has 19 heavy (non-hydrogen) atoms. The molecule has 2 N–H and O–H groups in total. The SMILES string of the molecule is Cc1ccncc1CNCC(=O)Nc1ccccc1. The van der Waals surface area contributed by atoms with Gasteiger partial charge in [0.1, 0.15) is 0 Å². The van der Waals surface area contributed by atoms with Crippen LogP contribution in [0, 0.1) is 6.92 Å². The third kappa shape index (κ3) is 4.19. The third-order valence-corrected chi connectivity index (χ3v) is 2.81. The van der Waals surface area contributed by atoms with Crippen LogP contribution in [0.4, 0.5) is 5.69 Å². The van der Waals surface area contributed by atoms with E-state index in [1.165, 1.54) is 5.56 Å². The lowest BCUT2D eigenvalue weighted by atomic mass is 10.1. The van der Waals surface area contributed by atoms with E-state index in [1.54, 1.807) is 6.20 Å². The molecule has 0 atom stereocenters. The molecular weight excluding hydrogens is 238 g/mol. The van der Waals surface area contributed by atoms with Gasteiger partial charge < -0.3 is 10.6 Å². The first-order valence-corrected chi connectivity index (χ1v) is 6.21. The molecule has 2 rings (SSSR count). The number of anilines is 1. The largest absolute Gasteiger partial charge is 0.325 e. The minimum absolute atomic E-state index is 0.0484. The van der Waals surface area contributed by atoms with Crippen molar-refractivity contribution in [3.63, 3.8) is 0 Å². The van der Waals surface area contributed by atoms with Crippen LogP contribution in [-0.4, -0.2) is 17.4 Å². The summed E-state index contributed by atoms with van der Waals surface area (Å²) < 4.78 is 0. The fraction of sp³-hybridized carbons (Fsp3) is 0.200. The lowest BCUT2D eigenvalue weighted by Gasteiger charge is -2.08. The van der Waals surface area contributed by atoms with Crippen molar-refractivity contribution in [3.05, 3.63) is 59.9 Å². The number of amides is 1. The molecule has 1 aromatic heterocycles. The maximum absolute atomic E-state index is 11.7. The van der Waals surface area contributed by atoms with Gasteiger partial charge in [-0.2, -0.15) is 0 Å². The van der Waals surface area contributed by atoms with Crippen LogP contribution in [0.15, 0.2) is 48.8 Å². The molecule has 0 aliphatic rings. The van der Waals surface area contributed by atoms with Crippen molar-refractivity contribution < 1.29 is 4.79 Å². The lowest BCUT2D eigenvalue weighted by molar-refractivity contribution is -0.115. The van der Waals surface area contributed by atoms with E-state index in [0.717, 1.165) is 11.3 Å². The Morgan fingerprint density at radius 2 is 2.00 bits per heavy atom. The molecule has 1 amide bonds. The molecular formula is C15H17N3O. The smallest absolute Gasteiger partial charge is 0.238 e. The molecule has 0 saturated heterocycles. The number of para-hydroxylation sites is 1. The van der Waals surface area contributed by atoms with Gasteiger partial charge in [-0.25, -0.2) is 0 Å². The minimum Gasteiger partial charge on any atom is -0.325 e. The van der Waals surface area contributed by atoms with Gasteiger partial charge in [0, 0.05) is 24.6 Å². The quantitative estimate of drug-likeness (QED) is 0.860. The fourth-order valence-corrected chi connectivity index (χ4v) is 1.72. The van der Waals surface area contributed by atoms with Gasteiger partial charge in [0.2, 0.25) is 5.91 Å². The van der Waals surface area contributed by atoms with Crippen LogP contribution >= 0.6 is 0 Å². The minimum atomic E-state index is -0.0484. The molecule has 0 unspecified atom stereocenters. The predicted molar refractivity (Wildman–Crippen MR) is 75.8 cm³/mol. The Hall–Kier alpha value is -2.20. The standard InChI is InChI=1S/C15H17N3O/c1-12-7-8-16-9-13(12)10-17-11-15(19)18-14-5-3-2-4-6-14/h2-9,17H,10-11H2,1H3,(H,18,19). The van der Waals surface area contributed by atoms with E-state index < -0.39 is 0 Å². The van der Waals surface area contributed by atoms with Crippen molar-refractivity contribution in [1.82, 2.24) is 10.3 Å². The maximum Gasteiger partial charge on any atom is 0.238 e. The van der Waals surface area contributed by atoms with E-state index in [-0.39, 0.29) is 12.5 Å². The normalized spacial score (nSPS) is 10.2. The van der Waals surface area contributed by atoms with Crippen molar-refractivity contribution in [3.8, 4) is 0 Å². The predicted octanol–water partition coefficient (Wildman–Crippen LogP) is 2.12. The summed E-state index contributed by atoms with van der Waals surface area (Å²) in [5.74, 6) is -0.0484. The van der Waals surface area contributed by atoms with E-state index in [4.69, 9.17) is 0 Å². The second-order valence-corrected chi connectivity index (χ2v) is 4.32. The van der Waals surface area contributed by atoms with Crippen molar-refractivity contribution in [2.24, 2.45) is 0 Å². The lowest BCUT2D eigenvalue weighted by Crippen LogP contribution is -2.27. The first-order valence-electron chi connectivity index (χ1n) is 6.21. The van der Waals surface area contributed by atoms with Crippen molar-refractivity contribution >= 4 is 11.6 Å². The number of rotatable bonds is 5. The Morgan fingerprint density at radius 1 is 1.21 bits per heavy atom. The van der Waals surface area contributed by atoms with E-state index in [1.807, 2.05) is 49.5 Å². The molecule has 0 fully saturated rings. The van der Waals surface area contributed by atoms with E-state index in [9.17, 15) is 4.79 Å². The van der Waals surface area contributed by atoms with Crippen LogP contribution in [0.2, 0.25) is 0 Å². The molecule has 0 saturated carbocycles. The van der Waals surface area contributed by atoms with Crippen LogP contribution in [-0.2, 0) is 11.3 Å². The Bertz CT molecular complexity index is 540. The van der Waals surface area contributed by atoms with Crippen molar-refractivity contribution in [2.75, 3.05) is 11.9 Å². The molecule has 0 aliphatic heterocycles. The second-order valence-electron chi connectivity index (χ2n) is 4.32. The van der Waals surface area contributed by atoms with Gasteiger partial charge in [-0.1, -0.05) is 18.2 Å². The molecule has 4 heteroatoms. The first kappa shape index (κ1) is 13.2. The molecule has 0 aliphatic carbocycles. The van der Waals surface area contributed by atoms with Crippen molar-refractivity contribution in [1.29, 1.82) is 0 Å². The maximum atomic E-state index is 11.7.